The molecule has 2 aromatic rings. The minimum absolute atomic E-state index is 0.438. The second-order valence-corrected chi connectivity index (χ2v) is 12.1. The van der Waals surface area contributed by atoms with E-state index in [1.54, 1.807) is 0 Å². The van der Waals surface area contributed by atoms with E-state index in [-0.39, 0.29) is 0 Å². The van der Waals surface area contributed by atoms with Crippen LogP contribution in [0.15, 0.2) is 53.5 Å². The zero-order valence-corrected chi connectivity index (χ0v) is 23.5. The molecule has 2 unspecified atom stereocenters. The Morgan fingerprint density at radius 1 is 0.784 bits per heavy atom. The molecule has 0 amide bonds. The third-order valence-corrected chi connectivity index (χ3v) is 10.7. The monoisotopic (exact) mass is 557 g/mol. The summed E-state index contributed by atoms with van der Waals surface area (Å²) >= 11 is 2.75. The van der Waals surface area contributed by atoms with Crippen LogP contribution in [0.4, 0.5) is 11.4 Å². The van der Waals surface area contributed by atoms with Crippen molar-refractivity contribution in [1.29, 1.82) is 10.5 Å². The number of aliphatic imine (C=N–C) groups is 1. The molecule has 1 saturated carbocycles. The SMILES string of the molecule is Cc1ccc(N2CN=C3N(C2)C(=[SeH])C2(C#N)CN(c4ccc(C)cc4)CC3(C#N)C23CCCCC3)cc1. The number of piperidine rings is 2. The normalized spacial score (nSPS) is 28.3. The van der Waals surface area contributed by atoms with Gasteiger partial charge in [-0.15, -0.1) is 0 Å². The molecule has 189 valence electrons. The van der Waals surface area contributed by atoms with Gasteiger partial charge >= 0.3 is 228 Å². The van der Waals surface area contributed by atoms with E-state index in [0.717, 1.165) is 53.9 Å². The van der Waals surface area contributed by atoms with Gasteiger partial charge in [0.05, 0.1) is 0 Å². The van der Waals surface area contributed by atoms with Crippen molar-refractivity contribution in [2.24, 2.45) is 21.2 Å². The molecule has 2 atom stereocenters. The Morgan fingerprint density at radius 2 is 1.32 bits per heavy atom. The number of hydrogen-bond donors (Lipinski definition) is 0. The van der Waals surface area contributed by atoms with Crippen molar-refractivity contribution in [3.63, 3.8) is 0 Å². The van der Waals surface area contributed by atoms with Crippen LogP contribution in [0.2, 0.25) is 0 Å². The number of aryl methyl sites for hydroxylation is 2. The number of nitrogens with zero attached hydrogens (tertiary/aromatic N) is 6. The fourth-order valence-corrected chi connectivity index (χ4v) is 8.43. The van der Waals surface area contributed by atoms with E-state index < -0.39 is 16.2 Å². The molecular weight excluding hydrogens is 523 g/mol. The third kappa shape index (κ3) is 3.27. The molecule has 6 nitrogen and oxygen atoms in total. The number of hydrogen-bond acceptors (Lipinski definition) is 6. The van der Waals surface area contributed by atoms with Gasteiger partial charge in [0.2, 0.25) is 0 Å². The van der Waals surface area contributed by atoms with Gasteiger partial charge in [-0.05, 0) is 0 Å². The van der Waals surface area contributed by atoms with E-state index in [2.05, 4.69) is 105 Å². The molecule has 7 heteroatoms. The van der Waals surface area contributed by atoms with Crippen molar-refractivity contribution in [3.05, 3.63) is 59.7 Å². The van der Waals surface area contributed by atoms with Gasteiger partial charge in [0.15, 0.2) is 0 Å². The fourth-order valence-electron chi connectivity index (χ4n) is 7.40. The van der Waals surface area contributed by atoms with Crippen LogP contribution in [0.5, 0.6) is 0 Å². The van der Waals surface area contributed by atoms with Crippen LogP contribution in [0.1, 0.15) is 43.2 Å². The topological polar surface area (TPSA) is 69.7 Å². The van der Waals surface area contributed by atoms with Gasteiger partial charge in [0.1, 0.15) is 0 Å². The average Bonchev–Trinajstić information content (AvgIpc) is 2.93. The van der Waals surface area contributed by atoms with Crippen molar-refractivity contribution in [2.45, 2.75) is 46.0 Å². The molecule has 0 N–H and O–H groups in total. The minimum atomic E-state index is -0.852. The number of benzene rings is 2. The number of nitriles is 2. The van der Waals surface area contributed by atoms with Crippen LogP contribution in [0.25, 0.3) is 0 Å². The summed E-state index contributed by atoms with van der Waals surface area (Å²) in [7, 11) is 0. The summed E-state index contributed by atoms with van der Waals surface area (Å²) in [6.45, 7) is 6.44. The van der Waals surface area contributed by atoms with Crippen molar-refractivity contribution < 1.29 is 0 Å². The molecule has 0 aromatic heterocycles. The predicted octanol–water partition coefficient (Wildman–Crippen LogP) is 4.27. The Morgan fingerprint density at radius 3 is 1.89 bits per heavy atom. The second-order valence-electron chi connectivity index (χ2n) is 11.3. The molecule has 2 saturated heterocycles. The summed E-state index contributed by atoms with van der Waals surface area (Å²) in [5.74, 6) is 0.860. The molecular formula is C30H33N6Se. The average molecular weight is 557 g/mol. The maximum atomic E-state index is 11.1. The summed E-state index contributed by atoms with van der Waals surface area (Å²) in [5, 5.41) is 22.3. The summed E-state index contributed by atoms with van der Waals surface area (Å²) in [5.41, 5.74) is 2.52. The van der Waals surface area contributed by atoms with Gasteiger partial charge in [0.25, 0.3) is 0 Å². The van der Waals surface area contributed by atoms with E-state index in [0.29, 0.717) is 26.4 Å². The molecule has 1 aliphatic carbocycles. The Hall–Kier alpha value is -3.12. The third-order valence-electron chi connectivity index (χ3n) is 9.36. The first kappa shape index (κ1) is 24.2. The zero-order valence-electron chi connectivity index (χ0n) is 21.6. The van der Waals surface area contributed by atoms with E-state index >= 15 is 0 Å². The molecule has 6 rings (SSSR count). The van der Waals surface area contributed by atoms with Crippen LogP contribution in [-0.2, 0) is 0 Å². The quantitative estimate of drug-likeness (QED) is 0.517. The molecule has 2 bridgehead atoms. The molecule has 3 aliphatic heterocycles. The van der Waals surface area contributed by atoms with Gasteiger partial charge < -0.3 is 0 Å². The van der Waals surface area contributed by atoms with Crippen LogP contribution in [0.3, 0.4) is 0 Å². The van der Waals surface area contributed by atoms with E-state index in [1.165, 1.54) is 11.1 Å². The van der Waals surface area contributed by atoms with Gasteiger partial charge in [-0.1, -0.05) is 0 Å². The van der Waals surface area contributed by atoms with E-state index in [1.807, 2.05) is 0 Å². The summed E-state index contributed by atoms with van der Waals surface area (Å²) < 4.78 is 0.989. The molecule has 4 aliphatic rings. The van der Waals surface area contributed by atoms with Gasteiger partial charge in [-0.25, -0.2) is 0 Å². The molecule has 1 spiro atoms. The number of anilines is 2. The Balaban J connectivity index is 1.52. The Kier molecular flexibility index (Phi) is 5.71. The van der Waals surface area contributed by atoms with Crippen LogP contribution in [-0.4, -0.2) is 57.3 Å². The van der Waals surface area contributed by atoms with Gasteiger partial charge in [0, 0.05) is 0 Å². The van der Waals surface area contributed by atoms with Crippen LogP contribution in [0, 0.1) is 52.8 Å². The zero-order chi connectivity index (χ0) is 25.8. The summed E-state index contributed by atoms with van der Waals surface area (Å²) in [6.07, 6.45) is 5.07. The molecule has 1 radical (unpaired) electrons. The first-order valence-electron chi connectivity index (χ1n) is 13.2. The Bertz CT molecular complexity index is 1340. The summed E-state index contributed by atoms with van der Waals surface area (Å²) in [6, 6.07) is 22.7. The number of amidine groups is 1. The maximum absolute atomic E-state index is 11.1. The number of rotatable bonds is 2. The first-order chi connectivity index (χ1) is 17.9. The van der Waals surface area contributed by atoms with Crippen LogP contribution >= 0.6 is 0 Å². The van der Waals surface area contributed by atoms with E-state index in [9.17, 15) is 10.5 Å². The molecule has 2 aromatic carbocycles. The first-order valence-corrected chi connectivity index (χ1v) is 14.2. The predicted molar refractivity (Wildman–Crippen MR) is 150 cm³/mol. The molecule has 3 heterocycles. The Labute approximate surface area is 227 Å². The molecule has 37 heavy (non-hydrogen) atoms. The van der Waals surface area contributed by atoms with E-state index in [4.69, 9.17) is 4.99 Å². The standard InChI is InChI=1S/C30H33N6Se/c1-22-6-10-24(11-7-22)34-18-28(16-31)26-33-20-35(25-12-8-23(2)9-13-25)21-36(26)27(37)29(17-32,19-34)30(28)14-4-3-5-15-30/h6-13,37H,3-5,14-15,18-21H2,1-2H3. The number of fused-ring (bicyclic) bond motifs is 2. The van der Waals surface area contributed by atoms with Crippen molar-refractivity contribution in [2.75, 3.05) is 36.2 Å². The summed E-state index contributed by atoms with van der Waals surface area (Å²) in [4.78, 5) is 11.9. The van der Waals surface area contributed by atoms with Crippen molar-refractivity contribution in [1.82, 2.24) is 4.90 Å². The second kappa shape index (κ2) is 8.73. The van der Waals surface area contributed by atoms with Gasteiger partial charge in [-0.3, -0.25) is 0 Å². The van der Waals surface area contributed by atoms with Crippen molar-refractivity contribution >= 4 is 37.3 Å². The fraction of sp³-hybridized carbons (Fsp3) is 0.467. The van der Waals surface area contributed by atoms with Gasteiger partial charge in [-0.2, -0.15) is 0 Å². The molecule has 3 fully saturated rings. The van der Waals surface area contributed by atoms with Crippen LogP contribution < -0.4 is 9.80 Å². The van der Waals surface area contributed by atoms with Crippen molar-refractivity contribution in [3.8, 4) is 12.1 Å².